The fourth-order valence-corrected chi connectivity index (χ4v) is 4.13. The van der Waals surface area contributed by atoms with Gasteiger partial charge in [0.05, 0.1) is 16.8 Å². The standard InChI is InChI=1S/C14H12Cl3FN4/c15-8-6-3-1-2-4-22(11(6)8)13-7-5-19-12(16)9(18)10(7)20-14(17)21-13/h5-6,8,11H,1-4H2/t6-,8-,11?/m0/s1. The summed E-state index contributed by atoms with van der Waals surface area (Å²) in [5.74, 6) is 0.380. The lowest BCUT2D eigenvalue weighted by Gasteiger charge is -2.24. The molecule has 1 saturated carbocycles. The molecule has 116 valence electrons. The SMILES string of the molecule is Fc1c(Cl)ncc2c(N3CCCC[C@@H]4C3[C@H]4Cl)nc(Cl)nc12. The van der Waals surface area contributed by atoms with Gasteiger partial charge >= 0.3 is 0 Å². The topological polar surface area (TPSA) is 41.9 Å². The lowest BCUT2D eigenvalue weighted by atomic mass is 10.2. The highest BCUT2D eigenvalue weighted by Crippen LogP contribution is 2.48. The molecule has 0 N–H and O–H groups in total. The summed E-state index contributed by atoms with van der Waals surface area (Å²) in [6.07, 6.45) is 4.79. The van der Waals surface area contributed by atoms with Crippen LogP contribution in [0.2, 0.25) is 10.4 Å². The van der Waals surface area contributed by atoms with Crippen LogP contribution in [0, 0.1) is 11.7 Å². The number of alkyl halides is 1. The number of rotatable bonds is 1. The summed E-state index contributed by atoms with van der Waals surface area (Å²) in [5, 5.41) is 0.400. The van der Waals surface area contributed by atoms with E-state index in [1.807, 2.05) is 0 Å². The van der Waals surface area contributed by atoms with Crippen LogP contribution < -0.4 is 4.90 Å². The lowest BCUT2D eigenvalue weighted by Crippen LogP contribution is -2.29. The first-order valence-corrected chi connectivity index (χ1v) is 8.35. The second kappa shape index (κ2) is 5.32. The van der Waals surface area contributed by atoms with Gasteiger partial charge in [0.15, 0.2) is 11.0 Å². The Hall–Kier alpha value is -0.910. The van der Waals surface area contributed by atoms with Crippen LogP contribution in [0.15, 0.2) is 6.20 Å². The van der Waals surface area contributed by atoms with Gasteiger partial charge in [-0.1, -0.05) is 18.0 Å². The van der Waals surface area contributed by atoms with Crippen molar-refractivity contribution in [1.29, 1.82) is 0 Å². The van der Waals surface area contributed by atoms with Crippen molar-refractivity contribution in [1.82, 2.24) is 15.0 Å². The van der Waals surface area contributed by atoms with Crippen LogP contribution in [0.4, 0.5) is 10.2 Å². The molecule has 3 atom stereocenters. The molecule has 1 aliphatic heterocycles. The zero-order chi connectivity index (χ0) is 15.4. The van der Waals surface area contributed by atoms with E-state index in [0.29, 0.717) is 17.1 Å². The van der Waals surface area contributed by atoms with Crippen LogP contribution in [0.1, 0.15) is 19.3 Å². The molecule has 2 fully saturated rings. The number of pyridine rings is 1. The molecule has 0 spiro atoms. The molecule has 4 nitrogen and oxygen atoms in total. The zero-order valence-corrected chi connectivity index (χ0v) is 13.7. The van der Waals surface area contributed by atoms with Crippen LogP contribution in [-0.4, -0.2) is 32.9 Å². The van der Waals surface area contributed by atoms with Gasteiger partial charge in [-0.25, -0.2) is 14.4 Å². The minimum absolute atomic E-state index is 0.00349. The van der Waals surface area contributed by atoms with E-state index < -0.39 is 5.82 Å². The lowest BCUT2D eigenvalue weighted by molar-refractivity contribution is 0.630. The van der Waals surface area contributed by atoms with E-state index in [0.717, 1.165) is 25.8 Å². The smallest absolute Gasteiger partial charge is 0.225 e. The van der Waals surface area contributed by atoms with E-state index in [1.165, 1.54) is 6.20 Å². The molecule has 0 aromatic carbocycles. The summed E-state index contributed by atoms with van der Waals surface area (Å²) < 4.78 is 14.2. The van der Waals surface area contributed by atoms with Crippen molar-refractivity contribution in [2.75, 3.05) is 11.4 Å². The number of fused-ring (bicyclic) bond motifs is 2. The van der Waals surface area contributed by atoms with E-state index in [4.69, 9.17) is 34.8 Å². The first-order valence-electron chi connectivity index (χ1n) is 7.16. The zero-order valence-electron chi connectivity index (χ0n) is 11.4. The molecule has 2 aliphatic rings. The minimum atomic E-state index is -0.672. The third-order valence-corrected chi connectivity index (χ3v) is 5.46. The van der Waals surface area contributed by atoms with Crippen molar-refractivity contribution in [3.05, 3.63) is 22.5 Å². The van der Waals surface area contributed by atoms with Gasteiger partial charge in [-0.3, -0.25) is 0 Å². The van der Waals surface area contributed by atoms with Crippen molar-refractivity contribution < 1.29 is 4.39 Å². The van der Waals surface area contributed by atoms with Crippen molar-refractivity contribution in [3.63, 3.8) is 0 Å². The van der Waals surface area contributed by atoms with E-state index in [9.17, 15) is 4.39 Å². The van der Waals surface area contributed by atoms with Crippen LogP contribution in [0.5, 0.6) is 0 Å². The summed E-state index contributed by atoms with van der Waals surface area (Å²) in [6.45, 7) is 0.817. The molecule has 1 saturated heterocycles. The molecule has 2 aromatic rings. The third kappa shape index (κ3) is 2.22. The monoisotopic (exact) mass is 360 g/mol. The molecule has 22 heavy (non-hydrogen) atoms. The van der Waals surface area contributed by atoms with E-state index in [2.05, 4.69) is 19.9 Å². The summed E-state index contributed by atoms with van der Waals surface area (Å²) >= 11 is 18.1. The van der Waals surface area contributed by atoms with Crippen molar-refractivity contribution in [2.45, 2.75) is 30.7 Å². The number of hydrogen-bond donors (Lipinski definition) is 0. The Morgan fingerprint density at radius 3 is 2.86 bits per heavy atom. The van der Waals surface area contributed by atoms with Gasteiger partial charge in [0.2, 0.25) is 5.28 Å². The van der Waals surface area contributed by atoms with Gasteiger partial charge in [-0.2, -0.15) is 4.98 Å². The molecule has 3 heterocycles. The number of halogens is 4. The van der Waals surface area contributed by atoms with Crippen LogP contribution in [-0.2, 0) is 0 Å². The highest BCUT2D eigenvalue weighted by atomic mass is 35.5. The quantitative estimate of drug-likeness (QED) is 0.436. The molecule has 0 amide bonds. The van der Waals surface area contributed by atoms with E-state index in [-0.39, 0.29) is 27.4 Å². The van der Waals surface area contributed by atoms with Crippen LogP contribution in [0.3, 0.4) is 0 Å². The Kier molecular flexibility index (Phi) is 3.55. The van der Waals surface area contributed by atoms with E-state index in [1.54, 1.807) is 0 Å². The maximum Gasteiger partial charge on any atom is 0.225 e. The first-order chi connectivity index (χ1) is 10.6. The van der Waals surface area contributed by atoms with Gasteiger partial charge in [0.25, 0.3) is 0 Å². The Morgan fingerprint density at radius 2 is 2.05 bits per heavy atom. The summed E-state index contributed by atoms with van der Waals surface area (Å²) in [7, 11) is 0. The van der Waals surface area contributed by atoms with Crippen molar-refractivity contribution in [3.8, 4) is 0 Å². The summed E-state index contributed by atoms with van der Waals surface area (Å²) in [4.78, 5) is 14.3. The third-order valence-electron chi connectivity index (χ3n) is 4.45. The minimum Gasteiger partial charge on any atom is -0.351 e. The second-order valence-electron chi connectivity index (χ2n) is 5.73. The maximum absolute atomic E-state index is 14.2. The molecule has 2 aromatic heterocycles. The van der Waals surface area contributed by atoms with Gasteiger partial charge in [0, 0.05) is 12.7 Å². The van der Waals surface area contributed by atoms with E-state index >= 15 is 0 Å². The predicted molar refractivity (Wildman–Crippen MR) is 85.4 cm³/mol. The average molecular weight is 362 g/mol. The van der Waals surface area contributed by atoms with Crippen molar-refractivity contribution >= 4 is 51.5 Å². The van der Waals surface area contributed by atoms with Crippen molar-refractivity contribution in [2.24, 2.45) is 5.92 Å². The van der Waals surface area contributed by atoms with Gasteiger partial charge in [0.1, 0.15) is 11.3 Å². The summed E-state index contributed by atoms with van der Waals surface area (Å²) in [5.41, 5.74) is 0.0996. The number of hydrogen-bond acceptors (Lipinski definition) is 4. The molecule has 1 unspecified atom stereocenters. The number of aromatic nitrogens is 3. The van der Waals surface area contributed by atoms with Gasteiger partial charge in [-0.15, -0.1) is 11.6 Å². The van der Waals surface area contributed by atoms with Crippen LogP contribution >= 0.6 is 34.8 Å². The molecule has 8 heteroatoms. The van der Waals surface area contributed by atoms with Gasteiger partial charge in [-0.05, 0) is 30.4 Å². The Balaban J connectivity index is 1.89. The molecule has 0 radical (unpaired) electrons. The van der Waals surface area contributed by atoms with Gasteiger partial charge < -0.3 is 4.90 Å². The summed E-state index contributed by atoms with van der Waals surface area (Å²) in [6, 6.07) is 0.220. The molecular formula is C14H12Cl3FN4. The number of nitrogens with zero attached hydrogens (tertiary/aromatic N) is 4. The van der Waals surface area contributed by atoms with Crippen LogP contribution in [0.25, 0.3) is 10.9 Å². The largest absolute Gasteiger partial charge is 0.351 e. The average Bonchev–Trinajstić information content (AvgIpc) is 3.18. The normalized spacial score (nSPS) is 27.6. The molecule has 0 bridgehead atoms. The molecule has 1 aliphatic carbocycles. The predicted octanol–water partition coefficient (Wildman–Crippen LogP) is 4.07. The number of anilines is 1. The molecular weight excluding hydrogens is 350 g/mol. The maximum atomic E-state index is 14.2. The molecule has 4 rings (SSSR count). The Labute approximate surface area is 141 Å². The highest BCUT2D eigenvalue weighted by Gasteiger charge is 2.53. The fourth-order valence-electron chi connectivity index (χ4n) is 3.32. The Morgan fingerprint density at radius 1 is 1.23 bits per heavy atom. The second-order valence-corrected chi connectivity index (χ2v) is 6.93. The highest BCUT2D eigenvalue weighted by molar-refractivity contribution is 6.31. The Bertz CT molecular complexity index is 756. The fraction of sp³-hybridized carbons (Fsp3) is 0.500. The first kappa shape index (κ1) is 14.7.